The first-order valence-electron chi connectivity index (χ1n) is 5.31. The number of carbonyl (C=O) groups excluding carboxylic acids is 1. The molecule has 0 atom stereocenters. The van der Waals surface area contributed by atoms with Gasteiger partial charge in [-0.1, -0.05) is 29.8 Å². The van der Waals surface area contributed by atoms with Gasteiger partial charge in [-0.2, -0.15) is 0 Å². The van der Waals surface area contributed by atoms with Crippen LogP contribution in [0.5, 0.6) is 5.75 Å². The van der Waals surface area contributed by atoms with Gasteiger partial charge < -0.3 is 4.74 Å². The van der Waals surface area contributed by atoms with Gasteiger partial charge in [0.15, 0.2) is 6.29 Å². The van der Waals surface area contributed by atoms with Crippen LogP contribution < -0.4 is 4.74 Å². The van der Waals surface area contributed by atoms with E-state index in [-0.39, 0.29) is 0 Å². The molecule has 0 bridgehead atoms. The maximum absolute atomic E-state index is 10.9. The van der Waals surface area contributed by atoms with Crippen LogP contribution in [0.1, 0.15) is 15.9 Å². The minimum Gasteiger partial charge on any atom is -0.487 e. The molecule has 2 aromatic carbocycles. The van der Waals surface area contributed by atoms with Crippen LogP contribution in [-0.2, 0) is 6.61 Å². The molecule has 92 valence electrons. The van der Waals surface area contributed by atoms with Gasteiger partial charge in [-0.05, 0) is 45.8 Å². The molecule has 2 aromatic rings. The van der Waals surface area contributed by atoms with Gasteiger partial charge in [0, 0.05) is 5.02 Å². The third-order valence-corrected chi connectivity index (χ3v) is 3.26. The van der Waals surface area contributed by atoms with E-state index in [0.29, 0.717) is 22.9 Å². The number of hydrogen-bond donors (Lipinski definition) is 0. The largest absolute Gasteiger partial charge is 0.487 e. The normalized spacial score (nSPS) is 10.1. The van der Waals surface area contributed by atoms with Gasteiger partial charge in [0.05, 0.1) is 10.0 Å². The summed E-state index contributed by atoms with van der Waals surface area (Å²) in [5.74, 6) is 0.549. The van der Waals surface area contributed by atoms with Crippen molar-refractivity contribution in [3.63, 3.8) is 0 Å². The summed E-state index contributed by atoms with van der Waals surface area (Å²) in [5, 5.41) is 0.666. The fraction of sp³-hybridized carbons (Fsp3) is 0.0714. The van der Waals surface area contributed by atoms with Crippen LogP contribution >= 0.6 is 27.5 Å². The summed E-state index contributed by atoms with van der Waals surface area (Å²) in [6.45, 7) is 0.365. The first-order valence-corrected chi connectivity index (χ1v) is 6.49. The van der Waals surface area contributed by atoms with E-state index in [9.17, 15) is 4.79 Å². The first-order chi connectivity index (χ1) is 8.70. The zero-order valence-corrected chi connectivity index (χ0v) is 11.7. The van der Waals surface area contributed by atoms with Crippen LogP contribution in [0.3, 0.4) is 0 Å². The quantitative estimate of drug-likeness (QED) is 0.774. The number of rotatable bonds is 4. The highest BCUT2D eigenvalue weighted by Crippen LogP contribution is 2.28. The van der Waals surface area contributed by atoms with Crippen LogP contribution in [-0.4, -0.2) is 6.29 Å². The van der Waals surface area contributed by atoms with Crippen molar-refractivity contribution in [3.05, 3.63) is 63.1 Å². The standard InChI is InChI=1S/C14H10BrClO2/c15-13-6-2-4-11(8-17)14(13)18-9-10-3-1-5-12(16)7-10/h1-8H,9H2. The number of carbonyl (C=O) groups is 1. The average molecular weight is 326 g/mol. The molecule has 0 fully saturated rings. The number of aldehydes is 1. The highest BCUT2D eigenvalue weighted by Gasteiger charge is 2.07. The molecule has 4 heteroatoms. The van der Waals surface area contributed by atoms with Gasteiger partial charge in [0.1, 0.15) is 12.4 Å². The first kappa shape index (κ1) is 13.1. The SMILES string of the molecule is O=Cc1cccc(Br)c1OCc1cccc(Cl)c1. The summed E-state index contributed by atoms with van der Waals surface area (Å²) in [4.78, 5) is 10.9. The summed E-state index contributed by atoms with van der Waals surface area (Å²) in [5.41, 5.74) is 1.47. The Morgan fingerprint density at radius 2 is 2.00 bits per heavy atom. The summed E-state index contributed by atoms with van der Waals surface area (Å²) in [6, 6.07) is 12.8. The monoisotopic (exact) mass is 324 g/mol. The van der Waals surface area contributed by atoms with E-state index in [1.54, 1.807) is 18.2 Å². The van der Waals surface area contributed by atoms with Crippen molar-refractivity contribution in [1.82, 2.24) is 0 Å². The van der Waals surface area contributed by atoms with Crippen molar-refractivity contribution in [2.45, 2.75) is 6.61 Å². The molecule has 0 saturated heterocycles. The smallest absolute Gasteiger partial charge is 0.153 e. The van der Waals surface area contributed by atoms with E-state index in [2.05, 4.69) is 15.9 Å². The number of benzene rings is 2. The second kappa shape index (κ2) is 6.03. The maximum Gasteiger partial charge on any atom is 0.153 e. The molecule has 0 aliphatic heterocycles. The Labute approximate surface area is 119 Å². The van der Waals surface area contributed by atoms with Gasteiger partial charge in [0.2, 0.25) is 0 Å². The van der Waals surface area contributed by atoms with Crippen LogP contribution in [0.15, 0.2) is 46.9 Å². The van der Waals surface area contributed by atoms with Crippen molar-refractivity contribution in [3.8, 4) is 5.75 Å². The Morgan fingerprint density at radius 3 is 2.72 bits per heavy atom. The Morgan fingerprint density at radius 1 is 1.22 bits per heavy atom. The van der Waals surface area contributed by atoms with Crippen LogP contribution in [0.2, 0.25) is 5.02 Å². The van der Waals surface area contributed by atoms with E-state index in [1.807, 2.05) is 24.3 Å². The molecule has 0 radical (unpaired) electrons. The molecule has 0 heterocycles. The average Bonchev–Trinajstić information content (AvgIpc) is 2.37. The van der Waals surface area contributed by atoms with Gasteiger partial charge in [-0.15, -0.1) is 0 Å². The molecule has 0 aliphatic rings. The summed E-state index contributed by atoms with van der Waals surface area (Å²) >= 11 is 9.26. The van der Waals surface area contributed by atoms with Crippen molar-refractivity contribution in [2.24, 2.45) is 0 Å². The van der Waals surface area contributed by atoms with Crippen LogP contribution in [0, 0.1) is 0 Å². The number of halogens is 2. The molecule has 2 nitrogen and oxygen atoms in total. The Balaban J connectivity index is 2.18. The van der Waals surface area contributed by atoms with Crippen LogP contribution in [0.25, 0.3) is 0 Å². The molecule has 0 aromatic heterocycles. The Bertz CT molecular complexity index is 569. The van der Waals surface area contributed by atoms with Gasteiger partial charge in [-0.3, -0.25) is 4.79 Å². The molecule has 0 unspecified atom stereocenters. The van der Waals surface area contributed by atoms with Gasteiger partial charge in [-0.25, -0.2) is 0 Å². The molecule has 0 N–H and O–H groups in total. The molecule has 0 amide bonds. The second-order valence-electron chi connectivity index (χ2n) is 3.69. The lowest BCUT2D eigenvalue weighted by Crippen LogP contribution is -1.99. The lowest BCUT2D eigenvalue weighted by Gasteiger charge is -2.10. The number of para-hydroxylation sites is 1. The lowest BCUT2D eigenvalue weighted by atomic mass is 10.2. The van der Waals surface area contributed by atoms with Crippen LogP contribution in [0.4, 0.5) is 0 Å². The topological polar surface area (TPSA) is 26.3 Å². The fourth-order valence-electron chi connectivity index (χ4n) is 1.55. The van der Waals surface area contributed by atoms with Gasteiger partial charge >= 0.3 is 0 Å². The van der Waals surface area contributed by atoms with E-state index in [0.717, 1.165) is 16.3 Å². The molecular formula is C14H10BrClO2. The third kappa shape index (κ3) is 3.12. The maximum atomic E-state index is 10.9. The van der Waals surface area contributed by atoms with E-state index >= 15 is 0 Å². The zero-order chi connectivity index (χ0) is 13.0. The predicted molar refractivity (Wildman–Crippen MR) is 75.3 cm³/mol. The Hall–Kier alpha value is -1.32. The second-order valence-corrected chi connectivity index (χ2v) is 4.99. The molecule has 0 spiro atoms. The molecular weight excluding hydrogens is 316 g/mol. The van der Waals surface area contributed by atoms with Crippen molar-refractivity contribution in [1.29, 1.82) is 0 Å². The van der Waals surface area contributed by atoms with E-state index < -0.39 is 0 Å². The third-order valence-electron chi connectivity index (χ3n) is 2.40. The summed E-state index contributed by atoms with van der Waals surface area (Å²) < 4.78 is 6.42. The highest BCUT2D eigenvalue weighted by molar-refractivity contribution is 9.10. The molecule has 2 rings (SSSR count). The number of ether oxygens (including phenoxy) is 1. The van der Waals surface area contributed by atoms with Gasteiger partial charge in [0.25, 0.3) is 0 Å². The highest BCUT2D eigenvalue weighted by atomic mass is 79.9. The minimum atomic E-state index is 0.365. The zero-order valence-electron chi connectivity index (χ0n) is 9.40. The van der Waals surface area contributed by atoms with E-state index in [4.69, 9.17) is 16.3 Å². The minimum absolute atomic E-state index is 0.365. The van der Waals surface area contributed by atoms with E-state index in [1.165, 1.54) is 0 Å². The van der Waals surface area contributed by atoms with Crippen molar-refractivity contribution < 1.29 is 9.53 Å². The molecule has 0 saturated carbocycles. The lowest BCUT2D eigenvalue weighted by molar-refractivity contribution is 0.111. The van der Waals surface area contributed by atoms with Crippen molar-refractivity contribution >= 4 is 33.8 Å². The molecule has 0 aliphatic carbocycles. The fourth-order valence-corrected chi connectivity index (χ4v) is 2.26. The predicted octanol–water partition coefficient (Wildman–Crippen LogP) is 4.49. The molecule has 18 heavy (non-hydrogen) atoms. The number of hydrogen-bond acceptors (Lipinski definition) is 2. The van der Waals surface area contributed by atoms with Crippen molar-refractivity contribution in [2.75, 3.05) is 0 Å². The summed E-state index contributed by atoms with van der Waals surface area (Å²) in [7, 11) is 0. The Kier molecular flexibility index (Phi) is 4.39. The summed E-state index contributed by atoms with van der Waals surface area (Å²) in [6.07, 6.45) is 0.776.